The predicted molar refractivity (Wildman–Crippen MR) is 143 cm³/mol. The van der Waals surface area contributed by atoms with Crippen molar-refractivity contribution in [2.24, 2.45) is 0 Å². The highest BCUT2D eigenvalue weighted by Gasteiger charge is 2.31. The summed E-state index contributed by atoms with van der Waals surface area (Å²) in [6.07, 6.45) is 2.70. The van der Waals surface area contributed by atoms with Crippen molar-refractivity contribution in [2.45, 2.75) is 46.2 Å². The van der Waals surface area contributed by atoms with Gasteiger partial charge in [-0.15, -0.1) is 0 Å². The van der Waals surface area contributed by atoms with Crippen LogP contribution >= 0.6 is 34.8 Å². The molecule has 0 spiro atoms. The number of unbranched alkanes of at least 4 members (excludes halogenated alkanes) is 1. The number of hydrogen-bond acceptors (Lipinski definition) is 4. The Hall–Kier alpha value is -2.00. The van der Waals surface area contributed by atoms with Crippen molar-refractivity contribution in [1.82, 2.24) is 10.2 Å². The lowest BCUT2D eigenvalue weighted by molar-refractivity contribution is -0.139. The Labute approximate surface area is 222 Å². The van der Waals surface area contributed by atoms with Crippen LogP contribution in [0.15, 0.2) is 36.4 Å². The number of benzene rings is 2. The number of amides is 2. The summed E-state index contributed by atoms with van der Waals surface area (Å²) in [5.74, 6) is -0.955. The van der Waals surface area contributed by atoms with Crippen LogP contribution in [0.4, 0.5) is 5.69 Å². The van der Waals surface area contributed by atoms with E-state index in [1.54, 1.807) is 50.2 Å². The highest BCUT2D eigenvalue weighted by Crippen LogP contribution is 2.30. The molecular weight excluding hydrogens is 533 g/mol. The third-order valence-corrected chi connectivity index (χ3v) is 7.82. The highest BCUT2D eigenvalue weighted by molar-refractivity contribution is 7.92. The van der Waals surface area contributed by atoms with E-state index in [0.717, 1.165) is 23.4 Å². The minimum Gasteiger partial charge on any atom is -0.354 e. The number of carbonyl (C=O) groups excluding carboxylic acids is 2. The minimum absolute atomic E-state index is 0.0775. The molecule has 1 unspecified atom stereocenters. The van der Waals surface area contributed by atoms with Crippen LogP contribution in [0.3, 0.4) is 0 Å². The van der Waals surface area contributed by atoms with Gasteiger partial charge in [-0.3, -0.25) is 13.9 Å². The molecule has 2 rings (SSSR count). The van der Waals surface area contributed by atoms with Crippen molar-refractivity contribution in [2.75, 3.05) is 23.7 Å². The van der Waals surface area contributed by atoms with Crippen LogP contribution in [0.25, 0.3) is 0 Å². The molecule has 2 aromatic carbocycles. The second kappa shape index (κ2) is 12.8. The summed E-state index contributed by atoms with van der Waals surface area (Å²) >= 11 is 18.9. The number of halogens is 3. The number of nitrogens with zero attached hydrogens (tertiary/aromatic N) is 2. The molecule has 0 saturated heterocycles. The Morgan fingerprint density at radius 3 is 2.17 bits per heavy atom. The lowest BCUT2D eigenvalue weighted by Crippen LogP contribution is -2.51. The maximum Gasteiger partial charge on any atom is 0.244 e. The molecule has 0 aliphatic carbocycles. The number of anilines is 1. The van der Waals surface area contributed by atoms with Gasteiger partial charge in [0.25, 0.3) is 0 Å². The zero-order valence-electron chi connectivity index (χ0n) is 20.1. The van der Waals surface area contributed by atoms with Crippen LogP contribution in [0.1, 0.15) is 37.8 Å². The first-order chi connectivity index (χ1) is 16.4. The number of rotatable bonds is 11. The summed E-state index contributed by atoms with van der Waals surface area (Å²) in [5.41, 5.74) is 1.25. The molecular formula is C24H30Cl3N3O4S. The van der Waals surface area contributed by atoms with Crippen LogP contribution in [0, 0.1) is 6.92 Å². The van der Waals surface area contributed by atoms with E-state index in [9.17, 15) is 18.0 Å². The fraction of sp³-hybridized carbons (Fsp3) is 0.417. The Balaban J connectivity index is 2.45. The van der Waals surface area contributed by atoms with Crippen LogP contribution in [0.5, 0.6) is 0 Å². The van der Waals surface area contributed by atoms with Crippen LogP contribution in [0.2, 0.25) is 15.1 Å². The average Bonchev–Trinajstić information content (AvgIpc) is 2.78. The molecule has 2 aromatic rings. The molecule has 35 heavy (non-hydrogen) atoms. The first-order valence-corrected chi connectivity index (χ1v) is 14.1. The van der Waals surface area contributed by atoms with Gasteiger partial charge >= 0.3 is 0 Å². The molecule has 0 aliphatic rings. The summed E-state index contributed by atoms with van der Waals surface area (Å²) in [5, 5.41) is 3.85. The Morgan fingerprint density at radius 1 is 1.03 bits per heavy atom. The second-order valence-corrected chi connectivity index (χ2v) is 11.3. The van der Waals surface area contributed by atoms with E-state index in [2.05, 4.69) is 5.32 Å². The Bertz CT molecular complexity index is 1150. The zero-order chi connectivity index (χ0) is 26.3. The van der Waals surface area contributed by atoms with Gasteiger partial charge in [-0.2, -0.15) is 0 Å². The Kier molecular flexibility index (Phi) is 10.7. The molecule has 1 N–H and O–H groups in total. The minimum atomic E-state index is -3.86. The molecule has 0 heterocycles. The van der Waals surface area contributed by atoms with Gasteiger partial charge in [0, 0.05) is 33.7 Å². The third kappa shape index (κ3) is 7.74. The summed E-state index contributed by atoms with van der Waals surface area (Å²) in [6, 6.07) is 8.86. The Morgan fingerprint density at radius 2 is 1.60 bits per heavy atom. The summed E-state index contributed by atoms with van der Waals surface area (Å²) in [7, 11) is -3.86. The molecule has 2 amide bonds. The number of hydrogen-bond donors (Lipinski definition) is 1. The zero-order valence-corrected chi connectivity index (χ0v) is 23.2. The van der Waals surface area contributed by atoms with E-state index in [-0.39, 0.29) is 18.1 Å². The molecule has 192 valence electrons. The average molecular weight is 563 g/mol. The summed E-state index contributed by atoms with van der Waals surface area (Å²) in [4.78, 5) is 27.7. The summed E-state index contributed by atoms with van der Waals surface area (Å²) in [6.45, 7) is 5.11. The molecule has 1 atom stereocenters. The van der Waals surface area contributed by atoms with Gasteiger partial charge in [-0.25, -0.2) is 8.42 Å². The molecule has 0 radical (unpaired) electrons. The standard InChI is InChI=1S/C24H30Cl3N3O4S/c1-5-6-13-28-24(32)17(3)29(14-18-20(26)10-7-11-21(18)27)23(31)15-30(35(4,33)34)22-12-8-9-19(25)16(22)2/h7-12,17H,5-6,13-15H2,1-4H3,(H,28,32). The normalized spacial score (nSPS) is 12.2. The predicted octanol–water partition coefficient (Wildman–Crippen LogP) is 5.05. The van der Waals surface area contributed by atoms with Crippen LogP contribution in [-0.4, -0.2) is 50.5 Å². The van der Waals surface area contributed by atoms with Gasteiger partial charge < -0.3 is 10.2 Å². The van der Waals surface area contributed by atoms with Gasteiger partial charge in [-0.05, 0) is 50.1 Å². The maximum atomic E-state index is 13.6. The van der Waals surface area contributed by atoms with Crippen molar-refractivity contribution >= 4 is 62.3 Å². The molecule has 0 saturated carbocycles. The fourth-order valence-corrected chi connectivity index (χ4v) is 5.02. The monoisotopic (exact) mass is 561 g/mol. The van der Waals surface area contributed by atoms with Crippen molar-refractivity contribution < 1.29 is 18.0 Å². The van der Waals surface area contributed by atoms with Gasteiger partial charge in [-0.1, -0.05) is 60.3 Å². The number of nitrogens with one attached hydrogen (secondary N) is 1. The van der Waals surface area contributed by atoms with Gasteiger partial charge in [0.1, 0.15) is 12.6 Å². The van der Waals surface area contributed by atoms with Crippen LogP contribution in [-0.2, 0) is 26.2 Å². The number of carbonyl (C=O) groups is 2. The maximum absolute atomic E-state index is 13.6. The van der Waals surface area contributed by atoms with Gasteiger partial charge in [0.15, 0.2) is 0 Å². The number of sulfonamides is 1. The largest absolute Gasteiger partial charge is 0.354 e. The first kappa shape index (κ1) is 29.2. The lowest BCUT2D eigenvalue weighted by atomic mass is 10.1. The van der Waals surface area contributed by atoms with E-state index >= 15 is 0 Å². The van der Waals surface area contributed by atoms with E-state index in [0.29, 0.717) is 32.7 Å². The second-order valence-electron chi connectivity index (χ2n) is 8.20. The van der Waals surface area contributed by atoms with Crippen molar-refractivity contribution in [3.8, 4) is 0 Å². The topological polar surface area (TPSA) is 86.8 Å². The van der Waals surface area contributed by atoms with Crippen molar-refractivity contribution in [3.05, 3.63) is 62.6 Å². The molecule has 0 aliphatic heterocycles. The molecule has 0 fully saturated rings. The van der Waals surface area contributed by atoms with Crippen molar-refractivity contribution in [3.63, 3.8) is 0 Å². The van der Waals surface area contributed by atoms with E-state index < -0.39 is 28.5 Å². The lowest BCUT2D eigenvalue weighted by Gasteiger charge is -2.32. The first-order valence-electron chi connectivity index (χ1n) is 11.1. The van der Waals surface area contributed by atoms with E-state index in [1.807, 2.05) is 6.92 Å². The van der Waals surface area contributed by atoms with Gasteiger partial charge in [0.05, 0.1) is 11.9 Å². The van der Waals surface area contributed by atoms with E-state index in [1.165, 1.54) is 4.90 Å². The fourth-order valence-electron chi connectivity index (χ4n) is 3.43. The SMILES string of the molecule is CCCCNC(=O)C(C)N(Cc1c(Cl)cccc1Cl)C(=O)CN(c1cccc(Cl)c1C)S(C)(=O)=O. The molecule has 11 heteroatoms. The molecule has 0 aromatic heterocycles. The molecule has 0 bridgehead atoms. The van der Waals surface area contributed by atoms with E-state index in [4.69, 9.17) is 34.8 Å². The third-order valence-electron chi connectivity index (χ3n) is 5.57. The van der Waals surface area contributed by atoms with Gasteiger partial charge in [0.2, 0.25) is 21.8 Å². The molecule has 7 nitrogen and oxygen atoms in total. The summed E-state index contributed by atoms with van der Waals surface area (Å²) < 4.78 is 26.4. The highest BCUT2D eigenvalue weighted by atomic mass is 35.5. The smallest absolute Gasteiger partial charge is 0.244 e. The quantitative estimate of drug-likeness (QED) is 0.388. The van der Waals surface area contributed by atoms with Crippen molar-refractivity contribution in [1.29, 1.82) is 0 Å². The van der Waals surface area contributed by atoms with Crippen LogP contribution < -0.4 is 9.62 Å².